The van der Waals surface area contributed by atoms with Crippen LogP contribution in [0, 0.1) is 0 Å². The predicted molar refractivity (Wildman–Crippen MR) is 49.7 cm³/mol. The first kappa shape index (κ1) is 12.9. The van der Waals surface area contributed by atoms with Gasteiger partial charge in [0, 0.05) is 20.7 Å². The van der Waals surface area contributed by atoms with E-state index in [1.54, 1.807) is 0 Å². The van der Waals surface area contributed by atoms with Gasteiger partial charge in [-0.05, 0) is 0 Å². The number of hydrogen-bond donors (Lipinski definition) is 2. The molecule has 0 bridgehead atoms. The summed E-state index contributed by atoms with van der Waals surface area (Å²) < 4.78 is 4.71. The van der Waals surface area contributed by atoms with Gasteiger partial charge in [-0.25, -0.2) is 0 Å². The van der Waals surface area contributed by atoms with Crippen LogP contribution in [-0.4, -0.2) is 55.2 Å². The molecule has 0 spiro atoms. The highest BCUT2D eigenvalue weighted by Gasteiger charge is 2.17. The number of ether oxygens (including phenoxy) is 1. The first-order valence-electron chi connectivity index (χ1n) is 4.20. The fraction of sp³-hybridized carbons (Fsp3) is 0.750. The van der Waals surface area contributed by atoms with Crippen LogP contribution >= 0.6 is 0 Å². The second-order valence-electron chi connectivity index (χ2n) is 2.97. The van der Waals surface area contributed by atoms with Gasteiger partial charge < -0.3 is 20.5 Å². The van der Waals surface area contributed by atoms with Crippen LogP contribution in [0.3, 0.4) is 0 Å². The van der Waals surface area contributed by atoms with Gasteiger partial charge in [-0.15, -0.1) is 0 Å². The lowest BCUT2D eigenvalue weighted by Gasteiger charge is -2.19. The molecule has 1 amide bonds. The van der Waals surface area contributed by atoms with Crippen molar-refractivity contribution in [1.82, 2.24) is 4.90 Å². The molecule has 0 aromatic heterocycles. The molecule has 14 heavy (non-hydrogen) atoms. The molecule has 0 fully saturated rings. The summed E-state index contributed by atoms with van der Waals surface area (Å²) in [6, 6.07) is -0.723. The average Bonchev–Trinajstić information content (AvgIpc) is 2.13. The van der Waals surface area contributed by atoms with Crippen molar-refractivity contribution in [3.8, 4) is 0 Å². The molecule has 0 heterocycles. The highest BCUT2D eigenvalue weighted by Crippen LogP contribution is 1.93. The number of carbonyl (C=O) groups is 2. The van der Waals surface area contributed by atoms with Crippen molar-refractivity contribution in [1.29, 1.82) is 0 Å². The van der Waals surface area contributed by atoms with Gasteiger partial charge in [0.25, 0.3) is 0 Å². The van der Waals surface area contributed by atoms with Crippen molar-refractivity contribution in [2.45, 2.75) is 12.5 Å². The molecule has 0 radical (unpaired) electrons. The Morgan fingerprint density at radius 2 is 2.14 bits per heavy atom. The molecule has 0 aromatic rings. The summed E-state index contributed by atoms with van der Waals surface area (Å²) in [5.74, 6) is -1.25. The van der Waals surface area contributed by atoms with Gasteiger partial charge in [0.05, 0.1) is 13.0 Å². The minimum absolute atomic E-state index is 0.0814. The summed E-state index contributed by atoms with van der Waals surface area (Å²) in [6.45, 7) is 0.293. The van der Waals surface area contributed by atoms with Crippen LogP contribution in [-0.2, 0) is 14.3 Å². The molecule has 0 saturated carbocycles. The van der Waals surface area contributed by atoms with Crippen LogP contribution in [0.15, 0.2) is 0 Å². The molecular formula is C8H16N2O4. The molecule has 0 rings (SSSR count). The largest absolute Gasteiger partial charge is 0.481 e. The number of hydrogen-bond acceptors (Lipinski definition) is 4. The van der Waals surface area contributed by atoms with Crippen molar-refractivity contribution in [3.05, 3.63) is 0 Å². The molecule has 1 atom stereocenters. The Kier molecular flexibility index (Phi) is 5.82. The maximum absolute atomic E-state index is 11.4. The Balaban J connectivity index is 3.91. The minimum Gasteiger partial charge on any atom is -0.481 e. The fourth-order valence-electron chi connectivity index (χ4n) is 0.907. The Hall–Kier alpha value is -1.14. The van der Waals surface area contributed by atoms with Crippen molar-refractivity contribution < 1.29 is 19.4 Å². The summed E-state index contributed by atoms with van der Waals surface area (Å²) in [7, 11) is 2.96. The first-order valence-corrected chi connectivity index (χ1v) is 4.20. The Morgan fingerprint density at radius 3 is 2.57 bits per heavy atom. The van der Waals surface area contributed by atoms with Gasteiger partial charge in [0.1, 0.15) is 6.04 Å². The molecule has 0 aliphatic rings. The molecule has 6 heteroatoms. The number of likely N-dealkylation sites (N-methyl/N-ethyl adjacent to an activating group) is 1. The van der Waals surface area contributed by atoms with Crippen LogP contribution in [0.25, 0.3) is 0 Å². The lowest BCUT2D eigenvalue weighted by Crippen LogP contribution is -2.44. The van der Waals surface area contributed by atoms with Crippen molar-refractivity contribution in [2.75, 3.05) is 27.3 Å². The summed E-state index contributed by atoms with van der Waals surface area (Å²) in [5, 5.41) is 8.39. The van der Waals surface area contributed by atoms with E-state index >= 15 is 0 Å². The van der Waals surface area contributed by atoms with Crippen LogP contribution < -0.4 is 5.73 Å². The Labute approximate surface area is 82.6 Å². The zero-order valence-electron chi connectivity index (χ0n) is 8.40. The molecule has 0 saturated heterocycles. The quantitative estimate of drug-likeness (QED) is 0.572. The van der Waals surface area contributed by atoms with Gasteiger partial charge in [0.2, 0.25) is 5.91 Å². The van der Waals surface area contributed by atoms with E-state index in [4.69, 9.17) is 15.6 Å². The lowest BCUT2D eigenvalue weighted by molar-refractivity contribution is -0.138. The number of carboxylic acid groups (broad SMARTS) is 1. The Morgan fingerprint density at radius 1 is 1.57 bits per heavy atom. The van der Waals surface area contributed by atoms with Crippen LogP contribution in [0.2, 0.25) is 0 Å². The minimum atomic E-state index is -0.940. The van der Waals surface area contributed by atoms with Gasteiger partial charge in [-0.3, -0.25) is 9.59 Å². The van der Waals surface area contributed by atoms with E-state index in [1.807, 2.05) is 0 Å². The van der Waals surface area contributed by atoms with Crippen molar-refractivity contribution in [3.63, 3.8) is 0 Å². The zero-order valence-corrected chi connectivity index (χ0v) is 8.40. The number of rotatable bonds is 6. The standard InChI is InChI=1S/C8H16N2O4/c1-10(4-3-7(11)12)8(13)6(9)5-14-2/h6H,3-5,9H2,1-2H3,(H,11,12). The molecule has 0 aromatic carbocycles. The van der Waals surface area contributed by atoms with Gasteiger partial charge in [0.15, 0.2) is 0 Å². The van der Waals surface area contributed by atoms with E-state index in [2.05, 4.69) is 0 Å². The zero-order chi connectivity index (χ0) is 11.1. The molecule has 0 aliphatic heterocycles. The second kappa shape index (κ2) is 6.33. The monoisotopic (exact) mass is 204 g/mol. The molecule has 82 valence electrons. The molecule has 6 nitrogen and oxygen atoms in total. The fourth-order valence-corrected chi connectivity index (χ4v) is 0.907. The van der Waals surface area contributed by atoms with E-state index in [1.165, 1.54) is 19.1 Å². The van der Waals surface area contributed by atoms with Crippen molar-refractivity contribution in [2.24, 2.45) is 5.73 Å². The number of nitrogens with two attached hydrogens (primary N) is 1. The molecule has 1 unspecified atom stereocenters. The highest BCUT2D eigenvalue weighted by atomic mass is 16.5. The predicted octanol–water partition coefficient (Wildman–Crippen LogP) is -1.11. The van der Waals surface area contributed by atoms with Crippen molar-refractivity contribution >= 4 is 11.9 Å². The van der Waals surface area contributed by atoms with E-state index in [-0.39, 0.29) is 25.5 Å². The average molecular weight is 204 g/mol. The molecule has 0 aliphatic carbocycles. The lowest BCUT2D eigenvalue weighted by atomic mass is 10.3. The smallest absolute Gasteiger partial charge is 0.305 e. The van der Waals surface area contributed by atoms with Crippen LogP contribution in [0.5, 0.6) is 0 Å². The molecule has 3 N–H and O–H groups in total. The van der Waals surface area contributed by atoms with E-state index < -0.39 is 12.0 Å². The first-order chi connectivity index (χ1) is 6.49. The maximum atomic E-state index is 11.4. The van der Waals surface area contributed by atoms with E-state index in [0.29, 0.717) is 0 Å². The van der Waals surface area contributed by atoms with E-state index in [9.17, 15) is 9.59 Å². The maximum Gasteiger partial charge on any atom is 0.305 e. The summed E-state index contributed by atoms with van der Waals surface area (Å²) in [4.78, 5) is 22.9. The van der Waals surface area contributed by atoms with Gasteiger partial charge in [-0.2, -0.15) is 0 Å². The third kappa shape index (κ3) is 4.78. The van der Waals surface area contributed by atoms with Crippen LogP contribution in [0.4, 0.5) is 0 Å². The topological polar surface area (TPSA) is 92.9 Å². The number of carbonyl (C=O) groups excluding carboxylic acids is 1. The van der Waals surface area contributed by atoms with Gasteiger partial charge in [-0.1, -0.05) is 0 Å². The van der Waals surface area contributed by atoms with Crippen LogP contribution in [0.1, 0.15) is 6.42 Å². The SMILES string of the molecule is COCC(N)C(=O)N(C)CCC(=O)O. The number of carboxylic acids is 1. The number of aliphatic carboxylic acids is 1. The van der Waals surface area contributed by atoms with Gasteiger partial charge >= 0.3 is 5.97 Å². The second-order valence-corrected chi connectivity index (χ2v) is 2.97. The molecular weight excluding hydrogens is 188 g/mol. The summed E-state index contributed by atoms with van der Waals surface area (Å²) in [6.07, 6.45) is -0.0814. The number of nitrogens with zero attached hydrogens (tertiary/aromatic N) is 1. The van der Waals surface area contributed by atoms with E-state index in [0.717, 1.165) is 0 Å². The number of amides is 1. The normalized spacial score (nSPS) is 12.2. The third-order valence-electron chi connectivity index (χ3n) is 1.70. The highest BCUT2D eigenvalue weighted by molar-refractivity contribution is 5.82. The Bertz CT molecular complexity index is 208. The summed E-state index contributed by atoms with van der Waals surface area (Å²) in [5.41, 5.74) is 5.47. The summed E-state index contributed by atoms with van der Waals surface area (Å²) >= 11 is 0. The third-order valence-corrected chi connectivity index (χ3v) is 1.70. The number of methoxy groups -OCH3 is 1.